The summed E-state index contributed by atoms with van der Waals surface area (Å²) in [6.45, 7) is 5.13. The first-order valence-corrected chi connectivity index (χ1v) is 12.2. The number of H-pyrrole nitrogens is 1. The predicted molar refractivity (Wildman–Crippen MR) is 137 cm³/mol. The maximum Gasteiger partial charge on any atom is 0.326 e. The molecule has 202 valence electrons. The number of carboxylic acid groups (broad SMARTS) is 1. The summed E-state index contributed by atoms with van der Waals surface area (Å²) in [6, 6.07) is 2.94. The smallest absolute Gasteiger partial charge is 0.326 e. The largest absolute Gasteiger partial charge is 0.480 e. The Morgan fingerprint density at radius 2 is 1.62 bits per heavy atom. The van der Waals surface area contributed by atoms with E-state index in [9.17, 15) is 29.1 Å². The van der Waals surface area contributed by atoms with E-state index in [0.29, 0.717) is 12.0 Å². The Balaban J connectivity index is 2.11. The van der Waals surface area contributed by atoms with E-state index in [0.717, 1.165) is 10.9 Å². The van der Waals surface area contributed by atoms with E-state index < -0.39 is 53.8 Å². The molecule has 0 fully saturated rings. The number of carbonyl (C=O) groups excluding carboxylic acids is 4. The lowest BCUT2D eigenvalue weighted by Gasteiger charge is -2.24. The number of carbonyl (C=O) groups is 5. The summed E-state index contributed by atoms with van der Waals surface area (Å²) in [5.74, 6) is -4.07. The lowest BCUT2D eigenvalue weighted by atomic mass is 9.99. The third-order valence-corrected chi connectivity index (χ3v) is 6.34. The van der Waals surface area contributed by atoms with Crippen molar-refractivity contribution in [1.29, 1.82) is 0 Å². The lowest BCUT2D eigenvalue weighted by Crippen LogP contribution is -2.57. The molecule has 1 aromatic carbocycles. The molecule has 0 saturated carbocycles. The number of nitrogens with one attached hydrogen (secondary N) is 4. The van der Waals surface area contributed by atoms with Gasteiger partial charge in [-0.2, -0.15) is 0 Å². The van der Waals surface area contributed by atoms with Gasteiger partial charge in [-0.05, 0) is 30.9 Å². The van der Waals surface area contributed by atoms with Gasteiger partial charge in [0.05, 0.1) is 6.04 Å². The Labute approximate surface area is 214 Å². The number of nitrogens with two attached hydrogens (primary N) is 2. The van der Waals surface area contributed by atoms with E-state index in [2.05, 4.69) is 20.9 Å². The Morgan fingerprint density at radius 3 is 2.24 bits per heavy atom. The van der Waals surface area contributed by atoms with Crippen LogP contribution in [0.25, 0.3) is 10.9 Å². The fourth-order valence-electron chi connectivity index (χ4n) is 3.73. The standard InChI is InChI=1S/C25H36N6O6/c1-4-13(2)21(27)24(35)29-14(3)22(33)30-18(9-10-20(26)32)23(34)31-19(25(36)37)11-15-12-28-17-8-6-5-7-16(15)17/h5-8,12-14,18-19,21,28H,4,9-11,27H2,1-3H3,(H2,26,32)(H,29,35)(H,30,33)(H,31,34)(H,36,37). The highest BCUT2D eigenvalue weighted by Crippen LogP contribution is 2.19. The molecule has 12 nitrogen and oxygen atoms in total. The molecule has 0 spiro atoms. The number of aromatic nitrogens is 1. The van der Waals surface area contributed by atoms with Gasteiger partial charge in [0.15, 0.2) is 0 Å². The molecule has 12 heteroatoms. The molecule has 5 unspecified atom stereocenters. The van der Waals surface area contributed by atoms with Gasteiger partial charge in [0.1, 0.15) is 18.1 Å². The van der Waals surface area contributed by atoms with Gasteiger partial charge < -0.3 is 37.5 Å². The number of hydrogen-bond acceptors (Lipinski definition) is 6. The fraction of sp³-hybridized carbons (Fsp3) is 0.480. The molecule has 0 bridgehead atoms. The number of fused-ring (bicyclic) bond motifs is 1. The molecule has 1 aromatic heterocycles. The second kappa shape index (κ2) is 13.4. The number of amides is 4. The van der Waals surface area contributed by atoms with Crippen molar-refractivity contribution >= 4 is 40.5 Å². The second-order valence-electron chi connectivity index (χ2n) is 9.17. The Morgan fingerprint density at radius 1 is 0.973 bits per heavy atom. The van der Waals surface area contributed by atoms with Crippen molar-refractivity contribution in [2.75, 3.05) is 0 Å². The number of rotatable bonds is 14. The van der Waals surface area contributed by atoms with Crippen molar-refractivity contribution in [3.8, 4) is 0 Å². The van der Waals surface area contributed by atoms with E-state index >= 15 is 0 Å². The van der Waals surface area contributed by atoms with Crippen LogP contribution in [0.2, 0.25) is 0 Å². The van der Waals surface area contributed by atoms with Crippen LogP contribution >= 0.6 is 0 Å². The molecule has 0 radical (unpaired) electrons. The van der Waals surface area contributed by atoms with Crippen molar-refractivity contribution in [1.82, 2.24) is 20.9 Å². The summed E-state index contributed by atoms with van der Waals surface area (Å²) in [4.78, 5) is 64.4. The summed E-state index contributed by atoms with van der Waals surface area (Å²) < 4.78 is 0. The number of hydrogen-bond donors (Lipinski definition) is 7. The van der Waals surface area contributed by atoms with Crippen LogP contribution in [0.5, 0.6) is 0 Å². The maximum atomic E-state index is 13.0. The molecule has 5 atom stereocenters. The van der Waals surface area contributed by atoms with Crippen molar-refractivity contribution in [2.24, 2.45) is 17.4 Å². The third-order valence-electron chi connectivity index (χ3n) is 6.34. The monoisotopic (exact) mass is 516 g/mol. The number of aromatic amines is 1. The van der Waals surface area contributed by atoms with Crippen LogP contribution in [0.3, 0.4) is 0 Å². The molecule has 0 aliphatic rings. The number of primary amides is 1. The molecular weight excluding hydrogens is 480 g/mol. The van der Waals surface area contributed by atoms with E-state index in [4.69, 9.17) is 11.5 Å². The summed E-state index contributed by atoms with van der Waals surface area (Å²) in [7, 11) is 0. The molecule has 1 heterocycles. The summed E-state index contributed by atoms with van der Waals surface area (Å²) >= 11 is 0. The van der Waals surface area contributed by atoms with Gasteiger partial charge in [0, 0.05) is 29.9 Å². The highest BCUT2D eigenvalue weighted by Gasteiger charge is 2.30. The molecular formula is C25H36N6O6. The van der Waals surface area contributed by atoms with Crippen LogP contribution in [0.15, 0.2) is 30.5 Å². The average molecular weight is 517 g/mol. The molecule has 9 N–H and O–H groups in total. The first kappa shape index (κ1) is 29.3. The molecule has 2 aromatic rings. The first-order chi connectivity index (χ1) is 17.4. The molecule has 0 aliphatic carbocycles. The normalized spacial score (nSPS) is 15.1. The van der Waals surface area contributed by atoms with Crippen LogP contribution in [-0.2, 0) is 30.4 Å². The van der Waals surface area contributed by atoms with Gasteiger partial charge in [-0.3, -0.25) is 19.2 Å². The number of aliphatic carboxylic acids is 1. The van der Waals surface area contributed by atoms with E-state index in [1.54, 1.807) is 6.20 Å². The van der Waals surface area contributed by atoms with Crippen LogP contribution in [0.1, 0.15) is 45.6 Å². The van der Waals surface area contributed by atoms with Gasteiger partial charge in [-0.15, -0.1) is 0 Å². The van der Waals surface area contributed by atoms with Gasteiger partial charge in [0.2, 0.25) is 23.6 Å². The minimum atomic E-state index is -1.30. The zero-order chi connectivity index (χ0) is 27.7. The lowest BCUT2D eigenvalue weighted by molar-refractivity contribution is -0.142. The van der Waals surface area contributed by atoms with Crippen molar-refractivity contribution in [2.45, 2.75) is 70.6 Å². The average Bonchev–Trinajstić information content (AvgIpc) is 3.27. The number of benzene rings is 1. The summed E-state index contributed by atoms with van der Waals surface area (Å²) in [5.41, 5.74) is 12.6. The van der Waals surface area contributed by atoms with Gasteiger partial charge in [-0.25, -0.2) is 4.79 Å². The molecule has 37 heavy (non-hydrogen) atoms. The zero-order valence-corrected chi connectivity index (χ0v) is 21.2. The summed E-state index contributed by atoms with van der Waals surface area (Å²) in [5, 5.41) is 18.0. The van der Waals surface area contributed by atoms with Crippen LogP contribution < -0.4 is 27.4 Å². The first-order valence-electron chi connectivity index (χ1n) is 12.2. The minimum absolute atomic E-state index is 0.0124. The predicted octanol–water partition coefficient (Wildman–Crippen LogP) is -0.0918. The van der Waals surface area contributed by atoms with E-state index in [1.807, 2.05) is 38.1 Å². The quantitative estimate of drug-likeness (QED) is 0.181. The van der Waals surface area contributed by atoms with Crippen LogP contribution in [0.4, 0.5) is 0 Å². The maximum absolute atomic E-state index is 13.0. The topological polar surface area (TPSA) is 209 Å². The third kappa shape index (κ3) is 8.31. The van der Waals surface area contributed by atoms with E-state index in [-0.39, 0.29) is 25.2 Å². The number of carboxylic acids is 1. The van der Waals surface area contributed by atoms with Crippen LogP contribution in [0, 0.1) is 5.92 Å². The molecule has 0 saturated heterocycles. The van der Waals surface area contributed by atoms with Gasteiger partial charge >= 0.3 is 5.97 Å². The zero-order valence-electron chi connectivity index (χ0n) is 21.2. The van der Waals surface area contributed by atoms with Gasteiger partial charge in [-0.1, -0.05) is 38.5 Å². The SMILES string of the molecule is CCC(C)C(N)C(=O)NC(C)C(=O)NC(CCC(N)=O)C(=O)NC(Cc1c[nH]c2ccccc12)C(=O)O. The van der Waals surface area contributed by atoms with Gasteiger partial charge in [0.25, 0.3) is 0 Å². The number of para-hydroxylation sites is 1. The van der Waals surface area contributed by atoms with Crippen molar-refractivity contribution < 1.29 is 29.1 Å². The Hall–Kier alpha value is -3.93. The Bertz CT molecular complexity index is 1130. The Kier molecular flexibility index (Phi) is 10.6. The molecule has 2 rings (SSSR count). The van der Waals surface area contributed by atoms with Crippen LogP contribution in [-0.4, -0.2) is 63.9 Å². The molecule has 4 amide bonds. The van der Waals surface area contributed by atoms with Crippen molar-refractivity contribution in [3.05, 3.63) is 36.0 Å². The van der Waals surface area contributed by atoms with Crippen molar-refractivity contribution in [3.63, 3.8) is 0 Å². The molecule has 0 aliphatic heterocycles. The highest BCUT2D eigenvalue weighted by molar-refractivity contribution is 5.94. The fourth-order valence-corrected chi connectivity index (χ4v) is 3.73. The highest BCUT2D eigenvalue weighted by atomic mass is 16.4. The van der Waals surface area contributed by atoms with E-state index in [1.165, 1.54) is 6.92 Å². The minimum Gasteiger partial charge on any atom is -0.480 e. The summed E-state index contributed by atoms with van der Waals surface area (Å²) in [6.07, 6.45) is 1.96. The second-order valence-corrected chi connectivity index (χ2v) is 9.17.